The van der Waals surface area contributed by atoms with Crippen LogP contribution in [-0.2, 0) is 12.0 Å². The number of aryl methyl sites for hydroxylation is 1. The van der Waals surface area contributed by atoms with Crippen molar-refractivity contribution in [1.29, 1.82) is 0 Å². The predicted molar refractivity (Wildman–Crippen MR) is 101 cm³/mol. The fourth-order valence-corrected chi connectivity index (χ4v) is 3.73. The number of halogens is 6. The van der Waals surface area contributed by atoms with E-state index in [2.05, 4.69) is 0 Å². The van der Waals surface area contributed by atoms with E-state index in [1.807, 2.05) is 6.92 Å². The Morgan fingerprint density at radius 1 is 0.862 bits per heavy atom. The van der Waals surface area contributed by atoms with Crippen LogP contribution in [0, 0.1) is 0 Å². The molecule has 2 aromatic carbocycles. The molecule has 0 amide bonds. The molecule has 2 aromatic rings. The highest BCUT2D eigenvalue weighted by Crippen LogP contribution is 2.51. The highest BCUT2D eigenvalue weighted by atomic mass is 32.2. The summed E-state index contributed by atoms with van der Waals surface area (Å²) in [7, 11) is 0. The van der Waals surface area contributed by atoms with E-state index in [-0.39, 0.29) is 16.9 Å². The standard InChI is InChI=1S/C20H21F6NOS/c1-2-3-4-5-13-6-9-16(29-15-10-7-14(27)8-11-15)12-17(13)18(28,19(21,22)23)20(24,25)26/h6-12,28H,2-5,27H2,1H3. The van der Waals surface area contributed by atoms with Gasteiger partial charge >= 0.3 is 12.4 Å². The van der Waals surface area contributed by atoms with Crippen molar-refractivity contribution in [2.24, 2.45) is 0 Å². The van der Waals surface area contributed by atoms with Gasteiger partial charge in [0.05, 0.1) is 0 Å². The number of alkyl halides is 6. The molecule has 0 unspecified atom stereocenters. The first kappa shape index (κ1) is 23.4. The largest absolute Gasteiger partial charge is 0.430 e. The van der Waals surface area contributed by atoms with Gasteiger partial charge in [0.1, 0.15) is 0 Å². The Kier molecular flexibility index (Phi) is 7.16. The molecule has 29 heavy (non-hydrogen) atoms. The zero-order valence-corrected chi connectivity index (χ0v) is 16.4. The lowest BCUT2D eigenvalue weighted by Gasteiger charge is -2.34. The summed E-state index contributed by atoms with van der Waals surface area (Å²) in [4.78, 5) is 0.738. The van der Waals surface area contributed by atoms with Crippen molar-refractivity contribution in [2.45, 2.75) is 60.4 Å². The van der Waals surface area contributed by atoms with Crippen molar-refractivity contribution in [2.75, 3.05) is 5.73 Å². The molecule has 0 fully saturated rings. The minimum Gasteiger partial charge on any atom is -0.399 e. The molecule has 0 atom stereocenters. The second-order valence-electron chi connectivity index (χ2n) is 6.65. The van der Waals surface area contributed by atoms with E-state index in [0.29, 0.717) is 23.4 Å². The van der Waals surface area contributed by atoms with Crippen molar-refractivity contribution in [1.82, 2.24) is 0 Å². The molecule has 0 aliphatic heterocycles. The lowest BCUT2D eigenvalue weighted by Crippen LogP contribution is -2.54. The maximum Gasteiger partial charge on any atom is 0.430 e. The number of unbranched alkanes of at least 4 members (excludes halogenated alkanes) is 2. The van der Waals surface area contributed by atoms with Crippen LogP contribution >= 0.6 is 11.8 Å². The minimum atomic E-state index is -5.92. The number of benzene rings is 2. The molecule has 3 N–H and O–H groups in total. The van der Waals surface area contributed by atoms with Gasteiger partial charge in [0.15, 0.2) is 0 Å². The summed E-state index contributed by atoms with van der Waals surface area (Å²) < 4.78 is 80.8. The summed E-state index contributed by atoms with van der Waals surface area (Å²) in [6, 6.07) is 9.83. The monoisotopic (exact) mass is 437 g/mol. The molecule has 0 saturated carbocycles. The van der Waals surface area contributed by atoms with Gasteiger partial charge in [0.2, 0.25) is 0 Å². The fourth-order valence-electron chi connectivity index (χ4n) is 2.88. The summed E-state index contributed by atoms with van der Waals surface area (Å²) in [5.74, 6) is 0. The summed E-state index contributed by atoms with van der Waals surface area (Å²) in [6.07, 6.45) is -10.0. The van der Waals surface area contributed by atoms with E-state index in [1.165, 1.54) is 12.1 Å². The first-order chi connectivity index (χ1) is 13.4. The van der Waals surface area contributed by atoms with Crippen molar-refractivity contribution < 1.29 is 31.4 Å². The molecule has 0 aliphatic rings. The van der Waals surface area contributed by atoms with Crippen LogP contribution in [-0.4, -0.2) is 17.5 Å². The highest BCUT2D eigenvalue weighted by Gasteiger charge is 2.71. The molecular formula is C20H21F6NOS. The number of hydrogen-bond donors (Lipinski definition) is 2. The van der Waals surface area contributed by atoms with Crippen LogP contribution in [0.4, 0.5) is 32.0 Å². The van der Waals surface area contributed by atoms with Crippen LogP contribution in [0.3, 0.4) is 0 Å². The summed E-state index contributed by atoms with van der Waals surface area (Å²) >= 11 is 0.984. The SMILES string of the molecule is CCCCCc1ccc(Sc2ccc(N)cc2)cc1C(O)(C(F)(F)F)C(F)(F)F. The number of hydrogen-bond acceptors (Lipinski definition) is 3. The average molecular weight is 437 g/mol. The van der Waals surface area contributed by atoms with Gasteiger partial charge in [-0.2, -0.15) is 26.3 Å². The van der Waals surface area contributed by atoms with Crippen LogP contribution in [0.5, 0.6) is 0 Å². The Labute approximate surface area is 169 Å². The van der Waals surface area contributed by atoms with E-state index in [9.17, 15) is 31.4 Å². The Morgan fingerprint density at radius 3 is 1.93 bits per heavy atom. The van der Waals surface area contributed by atoms with Gasteiger partial charge in [-0.1, -0.05) is 37.6 Å². The quantitative estimate of drug-likeness (QED) is 0.297. The zero-order chi connectivity index (χ0) is 21.9. The van der Waals surface area contributed by atoms with Crippen molar-refractivity contribution in [3.05, 3.63) is 53.6 Å². The van der Waals surface area contributed by atoms with E-state index >= 15 is 0 Å². The first-order valence-electron chi connectivity index (χ1n) is 8.92. The molecule has 0 saturated heterocycles. The van der Waals surface area contributed by atoms with Crippen molar-refractivity contribution in [3.63, 3.8) is 0 Å². The second kappa shape index (κ2) is 8.87. The molecule has 0 bridgehead atoms. The van der Waals surface area contributed by atoms with Crippen LogP contribution in [0.2, 0.25) is 0 Å². The Balaban J connectivity index is 2.55. The van der Waals surface area contributed by atoms with Crippen LogP contribution in [0.25, 0.3) is 0 Å². The Hall–Kier alpha value is -1.87. The van der Waals surface area contributed by atoms with Gasteiger partial charge in [0.25, 0.3) is 5.60 Å². The molecular weight excluding hydrogens is 416 g/mol. The third-order valence-electron chi connectivity index (χ3n) is 4.46. The van der Waals surface area contributed by atoms with Gasteiger partial charge in [0, 0.05) is 21.0 Å². The number of nitrogen functional groups attached to an aromatic ring is 1. The molecule has 2 nitrogen and oxygen atoms in total. The van der Waals surface area contributed by atoms with Crippen LogP contribution in [0.1, 0.15) is 37.3 Å². The average Bonchev–Trinajstić information content (AvgIpc) is 2.62. The van der Waals surface area contributed by atoms with Crippen molar-refractivity contribution >= 4 is 17.4 Å². The fraction of sp³-hybridized carbons (Fsp3) is 0.400. The third kappa shape index (κ3) is 5.19. The lowest BCUT2D eigenvalue weighted by molar-refractivity contribution is -0.376. The van der Waals surface area contributed by atoms with Gasteiger partial charge in [-0.3, -0.25) is 0 Å². The number of anilines is 1. The van der Waals surface area contributed by atoms with Crippen molar-refractivity contribution in [3.8, 4) is 0 Å². The van der Waals surface area contributed by atoms with E-state index < -0.39 is 23.5 Å². The van der Waals surface area contributed by atoms with Gasteiger partial charge in [-0.25, -0.2) is 0 Å². The third-order valence-corrected chi connectivity index (χ3v) is 5.45. The smallest absolute Gasteiger partial charge is 0.399 e. The predicted octanol–water partition coefficient (Wildman–Crippen LogP) is 6.46. The van der Waals surface area contributed by atoms with Gasteiger partial charge in [-0.05, 0) is 54.8 Å². The molecule has 0 aromatic heterocycles. The molecule has 0 radical (unpaired) electrons. The van der Waals surface area contributed by atoms with Crippen LogP contribution < -0.4 is 5.73 Å². The zero-order valence-electron chi connectivity index (χ0n) is 15.6. The molecule has 0 aliphatic carbocycles. The number of rotatable bonds is 7. The van der Waals surface area contributed by atoms with Crippen LogP contribution in [0.15, 0.2) is 52.3 Å². The Morgan fingerprint density at radius 2 is 1.41 bits per heavy atom. The summed E-state index contributed by atoms with van der Waals surface area (Å²) in [5.41, 5.74) is -0.227. The normalized spacial score (nSPS) is 13.0. The second-order valence-corrected chi connectivity index (χ2v) is 7.80. The molecule has 0 spiro atoms. The lowest BCUT2D eigenvalue weighted by atomic mass is 9.86. The topological polar surface area (TPSA) is 46.2 Å². The maximum absolute atomic E-state index is 13.5. The molecule has 0 heterocycles. The Bertz CT molecular complexity index is 803. The van der Waals surface area contributed by atoms with E-state index in [0.717, 1.165) is 24.2 Å². The number of nitrogens with two attached hydrogens (primary N) is 1. The van der Waals surface area contributed by atoms with Gasteiger partial charge < -0.3 is 10.8 Å². The number of aliphatic hydroxyl groups is 1. The molecule has 9 heteroatoms. The highest BCUT2D eigenvalue weighted by molar-refractivity contribution is 7.99. The summed E-state index contributed by atoms with van der Waals surface area (Å²) in [6.45, 7) is 1.87. The minimum absolute atomic E-state index is 0.00443. The summed E-state index contributed by atoms with van der Waals surface area (Å²) in [5, 5.41) is 9.94. The van der Waals surface area contributed by atoms with Gasteiger partial charge in [-0.15, -0.1) is 0 Å². The molecule has 160 valence electrons. The molecule has 2 rings (SSSR count). The van der Waals surface area contributed by atoms with E-state index in [4.69, 9.17) is 5.73 Å². The first-order valence-corrected chi connectivity index (χ1v) is 9.74. The van der Waals surface area contributed by atoms with E-state index in [1.54, 1.807) is 24.3 Å². The maximum atomic E-state index is 13.5.